The Hall–Kier alpha value is -9.04. The summed E-state index contributed by atoms with van der Waals surface area (Å²) in [5.74, 6) is 0. The van der Waals surface area contributed by atoms with E-state index in [9.17, 15) is 5.26 Å². The minimum absolute atomic E-state index is 0.349. The van der Waals surface area contributed by atoms with E-state index in [0.29, 0.717) is 28.3 Å². The number of aryl methyl sites for hydroxylation is 2. The van der Waals surface area contributed by atoms with Gasteiger partial charge in [0, 0.05) is 43.1 Å². The Morgan fingerprint density at radius 2 is 0.862 bits per heavy atom. The number of benzene rings is 9. The molecule has 5 aromatic heterocycles. The van der Waals surface area contributed by atoms with Gasteiger partial charge in [0.05, 0.1) is 73.1 Å². The molecule has 0 saturated carbocycles. The van der Waals surface area contributed by atoms with Gasteiger partial charge in [0.1, 0.15) is 28.4 Å². The molecule has 7 nitrogen and oxygen atoms in total. The lowest BCUT2D eigenvalue weighted by Gasteiger charge is -2.24. The predicted molar refractivity (Wildman–Crippen MR) is 264 cm³/mol. The van der Waals surface area contributed by atoms with Crippen molar-refractivity contribution in [1.82, 2.24) is 13.7 Å². The Labute approximate surface area is 370 Å². The zero-order chi connectivity index (χ0) is 43.2. The van der Waals surface area contributed by atoms with Crippen molar-refractivity contribution in [2.75, 3.05) is 0 Å². The van der Waals surface area contributed by atoms with Crippen molar-refractivity contribution in [1.29, 1.82) is 5.26 Å². The van der Waals surface area contributed by atoms with E-state index in [-0.39, 0.29) is 0 Å². The molecule has 0 aliphatic rings. The first-order chi connectivity index (χ1) is 32.0. The molecule has 14 rings (SSSR count). The van der Waals surface area contributed by atoms with Crippen LogP contribution < -0.4 is 0 Å². The highest BCUT2D eigenvalue weighted by atomic mass is 16.3. The fourth-order valence-corrected chi connectivity index (χ4v) is 10.9. The van der Waals surface area contributed by atoms with Gasteiger partial charge in [-0.1, -0.05) is 96.1 Å². The van der Waals surface area contributed by atoms with Gasteiger partial charge in [0.2, 0.25) is 5.69 Å². The third-order valence-electron chi connectivity index (χ3n) is 13.6. The van der Waals surface area contributed by atoms with Gasteiger partial charge in [-0.25, -0.2) is 4.85 Å². The highest BCUT2D eigenvalue weighted by molar-refractivity contribution is 6.26. The summed E-state index contributed by atoms with van der Waals surface area (Å²) in [4.78, 5) is 4.33. The maximum Gasteiger partial charge on any atom is 0.214 e. The molecule has 0 fully saturated rings. The van der Waals surface area contributed by atoms with Crippen LogP contribution in [0, 0.1) is 31.8 Å². The zero-order valence-electron chi connectivity index (χ0n) is 35.1. The van der Waals surface area contributed by atoms with Crippen molar-refractivity contribution < 1.29 is 8.83 Å². The topological polar surface area (TPSA) is 69.2 Å². The average Bonchev–Trinajstić information content (AvgIpc) is 4.14. The molecule has 7 heteroatoms. The Bertz CT molecular complexity index is 4250. The molecule has 0 N–H and O–H groups in total. The molecule has 14 aromatic rings. The summed E-state index contributed by atoms with van der Waals surface area (Å²) in [7, 11) is 0. The minimum Gasteiger partial charge on any atom is -0.455 e. The van der Waals surface area contributed by atoms with Crippen LogP contribution >= 0.6 is 0 Å². The highest BCUT2D eigenvalue weighted by Crippen LogP contribution is 2.50. The van der Waals surface area contributed by atoms with Gasteiger partial charge in [-0.2, -0.15) is 5.26 Å². The summed E-state index contributed by atoms with van der Waals surface area (Å²) in [5, 5.41) is 21.7. The molecule has 5 heterocycles. The standard InChI is InChI=1S/C58H33N5O2/c1-32-20-24-46-41(28-32)42-29-33(2)21-25-47(42)61(46)56-54(62-44-16-8-4-14-39(44)52-48(62)26-22-37-35-12-6-10-18-50(35)64-57(37)52)34(31-59)30-43(60-3)55(56)63-45-17-9-5-15-40(45)53-49(63)27-23-38-36-13-7-11-19-51(36)65-58(38)53/h4-30H,1-2H3. The number of fused-ring (bicyclic) bond motifs is 17. The van der Waals surface area contributed by atoms with Gasteiger partial charge in [0.15, 0.2) is 0 Å². The van der Waals surface area contributed by atoms with E-state index in [2.05, 4.69) is 148 Å². The van der Waals surface area contributed by atoms with Crippen LogP contribution in [-0.2, 0) is 0 Å². The number of hydrogen-bond acceptors (Lipinski definition) is 3. The molecular weight excluding hydrogens is 799 g/mol. The smallest absolute Gasteiger partial charge is 0.214 e. The summed E-state index contributed by atoms with van der Waals surface area (Å²) in [6.45, 7) is 13.2. The second kappa shape index (κ2) is 12.8. The lowest BCUT2D eigenvalue weighted by atomic mass is 10.1. The second-order valence-corrected chi connectivity index (χ2v) is 17.2. The summed E-state index contributed by atoms with van der Waals surface area (Å²) < 4.78 is 20.3. The Kier molecular flexibility index (Phi) is 6.98. The van der Waals surface area contributed by atoms with Gasteiger partial charge in [-0.3, -0.25) is 0 Å². The van der Waals surface area contributed by atoms with E-state index in [1.165, 1.54) is 0 Å². The van der Waals surface area contributed by atoms with Gasteiger partial charge >= 0.3 is 0 Å². The molecule has 0 spiro atoms. The maximum atomic E-state index is 11.5. The van der Waals surface area contributed by atoms with Gasteiger partial charge in [0.25, 0.3) is 0 Å². The molecule has 0 aliphatic carbocycles. The first kappa shape index (κ1) is 35.5. The van der Waals surface area contributed by atoms with Gasteiger partial charge < -0.3 is 22.5 Å². The lowest BCUT2D eigenvalue weighted by molar-refractivity contribution is 0.672. The van der Waals surface area contributed by atoms with Crippen molar-refractivity contribution in [3.05, 3.63) is 192 Å². The first-order valence-electron chi connectivity index (χ1n) is 21.7. The molecular formula is C58H33N5O2. The number of hydrogen-bond donors (Lipinski definition) is 0. The minimum atomic E-state index is 0.349. The van der Waals surface area contributed by atoms with E-state index in [1.807, 2.05) is 48.5 Å². The van der Waals surface area contributed by atoms with Gasteiger partial charge in [-0.15, -0.1) is 0 Å². The van der Waals surface area contributed by atoms with Crippen molar-refractivity contribution >= 4 is 115 Å². The number of furan rings is 2. The quantitative estimate of drug-likeness (QED) is 0.167. The summed E-state index contributed by atoms with van der Waals surface area (Å²) in [6.07, 6.45) is 0. The monoisotopic (exact) mass is 831 g/mol. The summed E-state index contributed by atoms with van der Waals surface area (Å²) in [5.41, 5.74) is 13.8. The number of aromatic nitrogens is 3. The largest absolute Gasteiger partial charge is 0.455 e. The van der Waals surface area contributed by atoms with Crippen LogP contribution in [0.25, 0.3) is 131 Å². The molecule has 0 unspecified atom stereocenters. The second-order valence-electron chi connectivity index (χ2n) is 17.2. The maximum absolute atomic E-state index is 11.5. The molecule has 0 amide bonds. The van der Waals surface area contributed by atoms with Crippen LogP contribution in [0.3, 0.4) is 0 Å². The van der Waals surface area contributed by atoms with Crippen LogP contribution in [0.1, 0.15) is 16.7 Å². The fraction of sp³-hybridized carbons (Fsp3) is 0.0345. The molecule has 9 aromatic carbocycles. The number of nitriles is 1. The molecule has 0 radical (unpaired) electrons. The third-order valence-corrected chi connectivity index (χ3v) is 13.6. The summed E-state index contributed by atoms with van der Waals surface area (Å²) >= 11 is 0. The van der Waals surface area contributed by atoms with Crippen LogP contribution in [0.2, 0.25) is 0 Å². The number of para-hydroxylation sites is 4. The predicted octanol–water partition coefficient (Wildman–Crippen LogP) is 15.8. The van der Waals surface area contributed by atoms with E-state index in [4.69, 9.17) is 15.4 Å². The van der Waals surface area contributed by atoms with E-state index in [0.717, 1.165) is 120 Å². The normalized spacial score (nSPS) is 12.1. The van der Waals surface area contributed by atoms with Crippen molar-refractivity contribution in [2.24, 2.45) is 0 Å². The van der Waals surface area contributed by atoms with E-state index >= 15 is 0 Å². The third kappa shape index (κ3) is 4.61. The van der Waals surface area contributed by atoms with Crippen LogP contribution in [-0.4, -0.2) is 13.7 Å². The molecule has 0 bridgehead atoms. The zero-order valence-corrected chi connectivity index (χ0v) is 35.1. The molecule has 0 saturated heterocycles. The number of nitrogens with zero attached hydrogens (tertiary/aromatic N) is 5. The molecule has 65 heavy (non-hydrogen) atoms. The van der Waals surface area contributed by atoms with Crippen LogP contribution in [0.15, 0.2) is 173 Å². The summed E-state index contributed by atoms with van der Waals surface area (Å²) in [6, 6.07) is 59.2. The van der Waals surface area contributed by atoms with Crippen molar-refractivity contribution in [3.63, 3.8) is 0 Å². The lowest BCUT2D eigenvalue weighted by Crippen LogP contribution is -2.11. The van der Waals surface area contributed by atoms with E-state index < -0.39 is 0 Å². The fourth-order valence-electron chi connectivity index (χ4n) is 10.9. The van der Waals surface area contributed by atoms with Crippen molar-refractivity contribution in [2.45, 2.75) is 13.8 Å². The highest BCUT2D eigenvalue weighted by Gasteiger charge is 2.31. The Morgan fingerprint density at radius 3 is 1.37 bits per heavy atom. The van der Waals surface area contributed by atoms with E-state index in [1.54, 1.807) is 6.07 Å². The van der Waals surface area contributed by atoms with Crippen LogP contribution in [0.4, 0.5) is 5.69 Å². The molecule has 302 valence electrons. The Morgan fingerprint density at radius 1 is 0.431 bits per heavy atom. The average molecular weight is 832 g/mol. The van der Waals surface area contributed by atoms with Gasteiger partial charge in [-0.05, 0) is 92.7 Å². The van der Waals surface area contributed by atoms with Crippen LogP contribution in [0.5, 0.6) is 0 Å². The molecule has 0 atom stereocenters. The SMILES string of the molecule is [C-]#[N+]c1cc(C#N)c(-n2c3ccccc3c3c4oc5ccccc5c4ccc32)c(-n2c3ccc(C)cc3c3cc(C)ccc32)c1-n1c2ccccc2c2c3oc4ccccc4c3ccc21. The van der Waals surface area contributed by atoms with Crippen molar-refractivity contribution in [3.8, 4) is 23.1 Å². The number of rotatable bonds is 3. The first-order valence-corrected chi connectivity index (χ1v) is 21.7. The Balaban J connectivity index is 1.25. The molecule has 0 aliphatic heterocycles.